The maximum Gasteiger partial charge on any atom is 0.199 e. The molecule has 0 aliphatic heterocycles. The summed E-state index contributed by atoms with van der Waals surface area (Å²) in [5.41, 5.74) is 2.26. The zero-order valence-corrected chi connectivity index (χ0v) is 11.9. The summed E-state index contributed by atoms with van der Waals surface area (Å²) in [6, 6.07) is 9.88. The topological polar surface area (TPSA) is 26.3 Å². The van der Waals surface area contributed by atoms with Crippen molar-refractivity contribution < 1.29 is 13.9 Å². The van der Waals surface area contributed by atoms with Gasteiger partial charge in [-0.3, -0.25) is 4.79 Å². The minimum Gasteiger partial charge on any atom is -0.493 e. The van der Waals surface area contributed by atoms with Gasteiger partial charge in [0.25, 0.3) is 0 Å². The van der Waals surface area contributed by atoms with Crippen LogP contribution >= 0.6 is 0 Å². The maximum absolute atomic E-state index is 13.9. The number of halogens is 1. The van der Waals surface area contributed by atoms with E-state index in [2.05, 4.69) is 0 Å². The zero-order chi connectivity index (χ0) is 14.7. The molecule has 0 bridgehead atoms. The third-order valence-corrected chi connectivity index (χ3v) is 3.05. The molecule has 104 valence electrons. The third kappa shape index (κ3) is 2.87. The molecule has 0 aromatic heterocycles. The van der Waals surface area contributed by atoms with Crippen molar-refractivity contribution in [3.05, 3.63) is 64.5 Å². The molecule has 2 aromatic carbocycles. The molecule has 20 heavy (non-hydrogen) atoms. The van der Waals surface area contributed by atoms with E-state index in [0.717, 1.165) is 11.1 Å². The minimum atomic E-state index is -0.510. The fourth-order valence-electron chi connectivity index (χ4n) is 2.06. The van der Waals surface area contributed by atoms with E-state index in [1.165, 1.54) is 6.07 Å². The molecule has 0 spiro atoms. The Morgan fingerprint density at radius 1 is 1.05 bits per heavy atom. The van der Waals surface area contributed by atoms with Gasteiger partial charge in [-0.15, -0.1) is 0 Å². The quantitative estimate of drug-likeness (QED) is 0.784. The van der Waals surface area contributed by atoms with Crippen LogP contribution in [0.15, 0.2) is 36.4 Å². The van der Waals surface area contributed by atoms with Crippen LogP contribution in [0.3, 0.4) is 0 Å². The van der Waals surface area contributed by atoms with Gasteiger partial charge >= 0.3 is 0 Å². The summed E-state index contributed by atoms with van der Waals surface area (Å²) in [6.45, 7) is 6.02. The minimum absolute atomic E-state index is 0.0801. The number of aryl methyl sites for hydroxylation is 2. The monoisotopic (exact) mass is 272 g/mol. The summed E-state index contributed by atoms with van der Waals surface area (Å²) in [6.07, 6.45) is 0. The molecule has 0 radical (unpaired) electrons. The predicted molar refractivity (Wildman–Crippen MR) is 76.9 cm³/mol. The van der Waals surface area contributed by atoms with Gasteiger partial charge in [0, 0.05) is 0 Å². The molecule has 2 nitrogen and oxygen atoms in total. The van der Waals surface area contributed by atoms with Crippen LogP contribution in [-0.4, -0.2) is 12.4 Å². The first-order chi connectivity index (χ1) is 9.52. The van der Waals surface area contributed by atoms with E-state index < -0.39 is 5.82 Å². The Morgan fingerprint density at radius 2 is 1.65 bits per heavy atom. The molecule has 0 saturated heterocycles. The summed E-state index contributed by atoms with van der Waals surface area (Å²) in [4.78, 5) is 12.5. The van der Waals surface area contributed by atoms with Gasteiger partial charge in [0.15, 0.2) is 5.78 Å². The van der Waals surface area contributed by atoms with Crippen molar-refractivity contribution in [1.29, 1.82) is 0 Å². The van der Waals surface area contributed by atoms with Crippen molar-refractivity contribution >= 4 is 5.78 Å². The Kier molecular flexibility index (Phi) is 4.18. The molecule has 0 amide bonds. The fraction of sp³-hybridized carbons (Fsp3) is 0.235. The molecule has 0 saturated carbocycles. The highest BCUT2D eigenvalue weighted by molar-refractivity contribution is 6.11. The standard InChI is InChI=1S/C17H17FO2/c1-4-20-16-8-6-12(3)10-14(16)17(19)13-9-11(2)5-7-15(13)18/h5-10H,4H2,1-3H3. The molecule has 0 unspecified atom stereocenters. The first-order valence-corrected chi connectivity index (χ1v) is 6.57. The Hall–Kier alpha value is -2.16. The Labute approximate surface area is 118 Å². The van der Waals surface area contributed by atoms with Gasteiger partial charge in [0.2, 0.25) is 0 Å². The van der Waals surface area contributed by atoms with Gasteiger partial charge in [-0.05, 0) is 45.0 Å². The van der Waals surface area contributed by atoms with Gasteiger partial charge < -0.3 is 4.74 Å². The molecule has 0 fully saturated rings. The van der Waals surface area contributed by atoms with E-state index in [1.54, 1.807) is 24.3 Å². The van der Waals surface area contributed by atoms with E-state index in [9.17, 15) is 9.18 Å². The Balaban J connectivity index is 2.52. The second-order valence-corrected chi connectivity index (χ2v) is 4.75. The van der Waals surface area contributed by atoms with Crippen LogP contribution in [0.2, 0.25) is 0 Å². The number of carbonyl (C=O) groups is 1. The lowest BCUT2D eigenvalue weighted by molar-refractivity contribution is 0.103. The number of hydrogen-bond acceptors (Lipinski definition) is 2. The van der Waals surface area contributed by atoms with Crippen molar-refractivity contribution in [3.8, 4) is 5.75 Å². The maximum atomic E-state index is 13.9. The summed E-state index contributed by atoms with van der Waals surface area (Å²) >= 11 is 0. The van der Waals surface area contributed by atoms with E-state index in [-0.39, 0.29) is 11.3 Å². The number of hydrogen-bond donors (Lipinski definition) is 0. The van der Waals surface area contributed by atoms with Crippen LogP contribution in [0.25, 0.3) is 0 Å². The largest absolute Gasteiger partial charge is 0.493 e. The van der Waals surface area contributed by atoms with Crippen LogP contribution in [0, 0.1) is 19.7 Å². The van der Waals surface area contributed by atoms with Crippen molar-refractivity contribution in [3.63, 3.8) is 0 Å². The second-order valence-electron chi connectivity index (χ2n) is 4.75. The molecule has 0 heterocycles. The lowest BCUT2D eigenvalue weighted by atomic mass is 9.99. The van der Waals surface area contributed by atoms with Crippen molar-refractivity contribution in [2.24, 2.45) is 0 Å². The summed E-state index contributed by atoms with van der Waals surface area (Å²) in [7, 11) is 0. The lowest BCUT2D eigenvalue weighted by Crippen LogP contribution is -2.08. The van der Waals surface area contributed by atoms with Crippen LogP contribution in [0.1, 0.15) is 34.0 Å². The van der Waals surface area contributed by atoms with Gasteiger partial charge in [-0.1, -0.05) is 23.3 Å². The highest BCUT2D eigenvalue weighted by Crippen LogP contribution is 2.24. The van der Waals surface area contributed by atoms with E-state index >= 15 is 0 Å². The number of rotatable bonds is 4. The lowest BCUT2D eigenvalue weighted by Gasteiger charge is -2.11. The van der Waals surface area contributed by atoms with Crippen LogP contribution in [0.4, 0.5) is 4.39 Å². The summed E-state index contributed by atoms with van der Waals surface area (Å²) in [5, 5.41) is 0. The molecule has 2 aromatic rings. The van der Waals surface area contributed by atoms with Gasteiger partial charge in [0.1, 0.15) is 11.6 Å². The normalized spacial score (nSPS) is 10.4. The van der Waals surface area contributed by atoms with Gasteiger partial charge in [-0.25, -0.2) is 4.39 Å². The average Bonchev–Trinajstić information content (AvgIpc) is 2.43. The molecular weight excluding hydrogens is 255 g/mol. The number of benzene rings is 2. The van der Waals surface area contributed by atoms with Crippen LogP contribution in [-0.2, 0) is 0 Å². The fourth-order valence-corrected chi connectivity index (χ4v) is 2.06. The van der Waals surface area contributed by atoms with Gasteiger partial charge in [0.05, 0.1) is 17.7 Å². The molecule has 0 aliphatic rings. The Morgan fingerprint density at radius 3 is 2.30 bits per heavy atom. The number of ether oxygens (including phenoxy) is 1. The second kappa shape index (κ2) is 5.87. The van der Waals surface area contributed by atoms with E-state index in [1.807, 2.05) is 26.8 Å². The highest BCUT2D eigenvalue weighted by atomic mass is 19.1. The highest BCUT2D eigenvalue weighted by Gasteiger charge is 2.18. The molecule has 0 atom stereocenters. The van der Waals surface area contributed by atoms with E-state index in [4.69, 9.17) is 4.74 Å². The van der Waals surface area contributed by atoms with E-state index in [0.29, 0.717) is 17.9 Å². The average molecular weight is 272 g/mol. The van der Waals surface area contributed by atoms with Crippen molar-refractivity contribution in [1.82, 2.24) is 0 Å². The van der Waals surface area contributed by atoms with Gasteiger partial charge in [-0.2, -0.15) is 0 Å². The molecular formula is C17H17FO2. The summed E-state index contributed by atoms with van der Waals surface area (Å²) in [5.74, 6) is -0.369. The molecule has 2 rings (SSSR count). The molecule has 0 N–H and O–H groups in total. The molecule has 0 aliphatic carbocycles. The van der Waals surface area contributed by atoms with Crippen LogP contribution < -0.4 is 4.74 Å². The number of ketones is 1. The van der Waals surface area contributed by atoms with Crippen LogP contribution in [0.5, 0.6) is 5.75 Å². The first-order valence-electron chi connectivity index (χ1n) is 6.57. The third-order valence-electron chi connectivity index (χ3n) is 3.05. The Bertz CT molecular complexity index is 647. The summed E-state index contributed by atoms with van der Waals surface area (Å²) < 4.78 is 19.3. The predicted octanol–water partition coefficient (Wildman–Crippen LogP) is 4.07. The molecule has 3 heteroatoms. The SMILES string of the molecule is CCOc1ccc(C)cc1C(=O)c1cc(C)ccc1F. The smallest absolute Gasteiger partial charge is 0.199 e. The number of carbonyl (C=O) groups excluding carboxylic acids is 1. The zero-order valence-electron chi connectivity index (χ0n) is 11.9. The van der Waals surface area contributed by atoms with Crippen molar-refractivity contribution in [2.75, 3.05) is 6.61 Å². The first kappa shape index (κ1) is 14.3. The van der Waals surface area contributed by atoms with Crippen molar-refractivity contribution in [2.45, 2.75) is 20.8 Å².